The van der Waals surface area contributed by atoms with Crippen LogP contribution in [0.15, 0.2) is 0 Å². The van der Waals surface area contributed by atoms with E-state index in [0.717, 1.165) is 0 Å². The zero-order valence-corrected chi connectivity index (χ0v) is 15.7. The van der Waals surface area contributed by atoms with Gasteiger partial charge in [-0.1, -0.05) is 0 Å². The smallest absolute Gasteiger partial charge is 0.398 e. The van der Waals surface area contributed by atoms with Gasteiger partial charge >= 0.3 is 26.2 Å². The van der Waals surface area contributed by atoms with E-state index in [0.29, 0.717) is 19.0 Å². The molecule has 116 valence electrons. The lowest BCUT2D eigenvalue weighted by molar-refractivity contribution is 0.114. The summed E-state index contributed by atoms with van der Waals surface area (Å²) in [5.74, 6) is 0. The van der Waals surface area contributed by atoms with Crippen LogP contribution in [0.4, 0.5) is 0 Å². The molecule has 0 amide bonds. The van der Waals surface area contributed by atoms with Crippen LogP contribution in [0.1, 0.15) is 6.42 Å². The SMILES string of the molecule is CO[Si](C)(C)O[Si](O)(CCCN)O[Si](C)(OC)OC. The Balaban J connectivity index is 4.96. The second kappa shape index (κ2) is 7.97. The molecule has 0 bridgehead atoms. The third-order valence-corrected chi connectivity index (χ3v) is 12.1. The van der Waals surface area contributed by atoms with Gasteiger partial charge in [-0.25, -0.2) is 0 Å². The Morgan fingerprint density at radius 1 is 0.947 bits per heavy atom. The third-order valence-electron chi connectivity index (χ3n) is 2.68. The predicted octanol–water partition coefficient (Wildman–Crippen LogP) is 0.509. The van der Waals surface area contributed by atoms with Gasteiger partial charge < -0.3 is 32.0 Å². The van der Waals surface area contributed by atoms with E-state index in [1.165, 1.54) is 14.2 Å². The van der Waals surface area contributed by atoms with Gasteiger partial charge in [0, 0.05) is 33.9 Å². The summed E-state index contributed by atoms with van der Waals surface area (Å²) in [5, 5.41) is 0. The van der Waals surface area contributed by atoms with Gasteiger partial charge in [0.25, 0.3) is 0 Å². The highest BCUT2D eigenvalue weighted by atomic mass is 28.5. The Hall–Kier alpha value is 0.371. The van der Waals surface area contributed by atoms with Gasteiger partial charge in [0.1, 0.15) is 0 Å². The standard InChI is InChI=1S/C9H27NO6Si3/c1-12-17(4,5)15-19(11,9-7-8-10)16-18(6,13-2)14-3/h11H,7-10H2,1-6H3. The van der Waals surface area contributed by atoms with Crippen molar-refractivity contribution in [3.8, 4) is 0 Å². The maximum absolute atomic E-state index is 10.7. The number of hydrogen-bond donors (Lipinski definition) is 2. The molecule has 0 radical (unpaired) electrons. The van der Waals surface area contributed by atoms with Crippen LogP contribution < -0.4 is 5.73 Å². The zero-order chi connectivity index (χ0) is 15.2. The molecule has 0 aromatic rings. The summed E-state index contributed by atoms with van der Waals surface area (Å²) >= 11 is 0. The van der Waals surface area contributed by atoms with Crippen molar-refractivity contribution in [2.24, 2.45) is 5.73 Å². The van der Waals surface area contributed by atoms with Crippen molar-refractivity contribution in [1.29, 1.82) is 0 Å². The van der Waals surface area contributed by atoms with E-state index in [-0.39, 0.29) is 0 Å². The first-order valence-corrected chi connectivity index (χ1v) is 13.2. The van der Waals surface area contributed by atoms with E-state index in [1.54, 1.807) is 13.7 Å². The molecule has 7 nitrogen and oxygen atoms in total. The maximum atomic E-state index is 10.7. The summed E-state index contributed by atoms with van der Waals surface area (Å²) in [7, 11) is -4.20. The maximum Gasteiger partial charge on any atom is 0.489 e. The van der Waals surface area contributed by atoms with E-state index < -0.39 is 26.2 Å². The van der Waals surface area contributed by atoms with Crippen LogP contribution in [-0.2, 0) is 21.5 Å². The van der Waals surface area contributed by atoms with Gasteiger partial charge in [-0.05, 0) is 26.1 Å². The molecule has 3 N–H and O–H groups in total. The van der Waals surface area contributed by atoms with Gasteiger partial charge in [-0.2, -0.15) is 0 Å². The molecule has 0 spiro atoms. The van der Waals surface area contributed by atoms with Crippen LogP contribution in [0.3, 0.4) is 0 Å². The fourth-order valence-corrected chi connectivity index (χ4v) is 9.90. The summed E-state index contributed by atoms with van der Waals surface area (Å²) in [6.45, 7) is 5.85. The molecular weight excluding hydrogens is 302 g/mol. The minimum Gasteiger partial charge on any atom is -0.398 e. The fraction of sp³-hybridized carbons (Fsp3) is 1.00. The molecule has 1 atom stereocenters. The minimum absolute atomic E-state index is 0.360. The molecule has 0 aromatic carbocycles. The summed E-state index contributed by atoms with van der Waals surface area (Å²) < 4.78 is 27.3. The predicted molar refractivity (Wildman–Crippen MR) is 78.7 cm³/mol. The lowest BCUT2D eigenvalue weighted by Gasteiger charge is -2.36. The van der Waals surface area contributed by atoms with Gasteiger partial charge in [0.2, 0.25) is 0 Å². The van der Waals surface area contributed by atoms with E-state index in [1.807, 2.05) is 13.1 Å². The monoisotopic (exact) mass is 329 g/mol. The third kappa shape index (κ3) is 7.08. The molecule has 0 aliphatic rings. The highest BCUT2D eigenvalue weighted by Gasteiger charge is 2.50. The second-order valence-corrected chi connectivity index (χ2v) is 14.0. The van der Waals surface area contributed by atoms with Crippen molar-refractivity contribution in [2.45, 2.75) is 32.1 Å². The van der Waals surface area contributed by atoms with Crippen LogP contribution in [0.25, 0.3) is 0 Å². The van der Waals surface area contributed by atoms with Gasteiger partial charge in [0.15, 0.2) is 0 Å². The van der Waals surface area contributed by atoms with Gasteiger partial charge in [-0.15, -0.1) is 0 Å². The number of nitrogens with two attached hydrogens (primary N) is 1. The molecular formula is C9H27NO6Si3. The average molecular weight is 330 g/mol. The summed E-state index contributed by atoms with van der Waals surface area (Å²) in [5.41, 5.74) is 5.49. The van der Waals surface area contributed by atoms with Crippen LogP contribution in [0.2, 0.25) is 25.7 Å². The van der Waals surface area contributed by atoms with Gasteiger partial charge in [-0.3, -0.25) is 0 Å². The lowest BCUT2D eigenvalue weighted by atomic mass is 10.5. The van der Waals surface area contributed by atoms with Crippen molar-refractivity contribution in [3.05, 3.63) is 0 Å². The van der Waals surface area contributed by atoms with Crippen LogP contribution >= 0.6 is 0 Å². The first-order chi connectivity index (χ1) is 8.66. The van der Waals surface area contributed by atoms with E-state index in [4.69, 9.17) is 27.2 Å². The van der Waals surface area contributed by atoms with Crippen LogP contribution in [-0.4, -0.2) is 58.8 Å². The molecule has 0 heterocycles. The van der Waals surface area contributed by atoms with Crippen molar-refractivity contribution in [1.82, 2.24) is 0 Å². The molecule has 19 heavy (non-hydrogen) atoms. The molecule has 10 heteroatoms. The molecule has 0 saturated carbocycles. The largest absolute Gasteiger partial charge is 0.489 e. The summed E-state index contributed by atoms with van der Waals surface area (Å²) in [4.78, 5) is 10.7. The Bertz CT molecular complexity index is 266. The Morgan fingerprint density at radius 2 is 1.47 bits per heavy atom. The summed E-state index contributed by atoms with van der Waals surface area (Å²) in [6, 6.07) is 0.360. The molecule has 0 fully saturated rings. The molecule has 0 aliphatic heterocycles. The average Bonchev–Trinajstić information content (AvgIpc) is 2.35. The van der Waals surface area contributed by atoms with Crippen molar-refractivity contribution < 1.29 is 26.3 Å². The summed E-state index contributed by atoms with van der Waals surface area (Å²) in [6.07, 6.45) is 0.606. The quantitative estimate of drug-likeness (QED) is 0.564. The molecule has 0 rings (SSSR count). The van der Waals surface area contributed by atoms with Crippen molar-refractivity contribution >= 4 is 26.2 Å². The highest BCUT2D eigenvalue weighted by molar-refractivity contribution is 6.81. The van der Waals surface area contributed by atoms with Crippen LogP contribution in [0.5, 0.6) is 0 Å². The molecule has 1 unspecified atom stereocenters. The minimum atomic E-state index is -3.44. The zero-order valence-electron chi connectivity index (χ0n) is 12.7. The Labute approximate surface area is 118 Å². The van der Waals surface area contributed by atoms with E-state index >= 15 is 0 Å². The topological polar surface area (TPSA) is 92.4 Å². The Morgan fingerprint density at radius 3 is 1.84 bits per heavy atom. The van der Waals surface area contributed by atoms with E-state index in [2.05, 4.69) is 0 Å². The molecule has 0 aliphatic carbocycles. The van der Waals surface area contributed by atoms with Crippen molar-refractivity contribution in [3.63, 3.8) is 0 Å². The second-order valence-electron chi connectivity index (χ2n) is 4.68. The highest BCUT2D eigenvalue weighted by Crippen LogP contribution is 2.23. The Kier molecular flexibility index (Phi) is 8.13. The van der Waals surface area contributed by atoms with Crippen molar-refractivity contribution in [2.75, 3.05) is 27.9 Å². The van der Waals surface area contributed by atoms with Crippen LogP contribution in [0, 0.1) is 0 Å². The molecule has 0 saturated heterocycles. The first kappa shape index (κ1) is 19.4. The lowest BCUT2D eigenvalue weighted by Crippen LogP contribution is -2.59. The normalized spacial score (nSPS) is 16.4. The van der Waals surface area contributed by atoms with Gasteiger partial charge in [0.05, 0.1) is 0 Å². The number of rotatable bonds is 10. The number of hydrogen-bond acceptors (Lipinski definition) is 7. The fourth-order valence-electron chi connectivity index (χ4n) is 1.33. The first-order valence-electron chi connectivity index (χ1n) is 6.14. The van der Waals surface area contributed by atoms with E-state index in [9.17, 15) is 4.80 Å². The molecule has 0 aromatic heterocycles.